The molecule has 2 rings (SSSR count). The minimum Gasteiger partial charge on any atom is -0.478 e. The molecule has 8 heteroatoms. The maximum Gasteiger partial charge on any atom is 0.335 e. The fourth-order valence-corrected chi connectivity index (χ4v) is 2.62. The summed E-state index contributed by atoms with van der Waals surface area (Å²) in [5.74, 6) is -2.11. The van der Waals surface area contributed by atoms with Crippen LogP contribution in [0.4, 0.5) is 0 Å². The molecule has 1 aromatic rings. The van der Waals surface area contributed by atoms with E-state index in [-0.39, 0.29) is 12.5 Å². The molecule has 0 radical (unpaired) electrons. The van der Waals surface area contributed by atoms with E-state index in [0.717, 1.165) is 19.3 Å². The number of carbonyl (C=O) groups is 4. The van der Waals surface area contributed by atoms with Crippen molar-refractivity contribution < 1.29 is 38.5 Å². The van der Waals surface area contributed by atoms with Crippen LogP contribution in [0.5, 0.6) is 0 Å². The van der Waals surface area contributed by atoms with E-state index in [2.05, 4.69) is 0 Å². The second-order valence-electron chi connectivity index (χ2n) is 6.39. The van der Waals surface area contributed by atoms with Crippen molar-refractivity contribution in [3.63, 3.8) is 0 Å². The van der Waals surface area contributed by atoms with Gasteiger partial charge < -0.3 is 19.3 Å². The van der Waals surface area contributed by atoms with Gasteiger partial charge in [-0.05, 0) is 30.9 Å². The Labute approximate surface area is 163 Å². The van der Waals surface area contributed by atoms with Crippen molar-refractivity contribution in [2.45, 2.75) is 52.2 Å². The fraction of sp³-hybridized carbons (Fsp3) is 0.500. The molecule has 2 atom stereocenters. The molecular weight excluding hydrogens is 368 g/mol. The van der Waals surface area contributed by atoms with Crippen molar-refractivity contribution in [1.29, 1.82) is 0 Å². The molecule has 0 amide bonds. The lowest BCUT2D eigenvalue weighted by Crippen LogP contribution is -2.45. The minimum atomic E-state index is -0.879. The zero-order valence-corrected chi connectivity index (χ0v) is 16.3. The number of ether oxygens (including phenoxy) is 3. The molecule has 1 saturated carbocycles. The van der Waals surface area contributed by atoms with Gasteiger partial charge >= 0.3 is 23.9 Å². The molecule has 1 aliphatic rings. The molecule has 1 fully saturated rings. The number of carboxylic acid groups (broad SMARTS) is 1. The summed E-state index contributed by atoms with van der Waals surface area (Å²) >= 11 is 0. The van der Waals surface area contributed by atoms with Gasteiger partial charge in [0.25, 0.3) is 0 Å². The van der Waals surface area contributed by atoms with Crippen molar-refractivity contribution in [3.8, 4) is 0 Å². The lowest BCUT2D eigenvalue weighted by Gasteiger charge is -2.36. The monoisotopic (exact) mass is 394 g/mol. The smallest absolute Gasteiger partial charge is 0.335 e. The van der Waals surface area contributed by atoms with E-state index in [0.29, 0.717) is 5.56 Å². The quantitative estimate of drug-likeness (QED) is 0.554. The van der Waals surface area contributed by atoms with Crippen LogP contribution in [0.15, 0.2) is 30.3 Å². The van der Waals surface area contributed by atoms with Crippen LogP contribution in [-0.4, -0.2) is 47.8 Å². The van der Waals surface area contributed by atoms with Gasteiger partial charge in [-0.15, -0.1) is 0 Å². The van der Waals surface area contributed by atoms with Crippen LogP contribution in [0.25, 0.3) is 0 Å². The summed E-state index contributed by atoms with van der Waals surface area (Å²) in [6.45, 7) is 3.76. The third-order valence-corrected chi connectivity index (χ3v) is 4.07. The van der Waals surface area contributed by atoms with Crippen molar-refractivity contribution in [2.75, 3.05) is 6.61 Å². The predicted molar refractivity (Wildman–Crippen MR) is 98.5 cm³/mol. The molecule has 0 aromatic heterocycles. The second kappa shape index (κ2) is 11.7. The highest BCUT2D eigenvalue weighted by Crippen LogP contribution is 2.33. The standard InChI is InChI=1S/C13H20O6.C7H6O2/c1-8(14)17-7-12(18-9(2)15)13(19-10(3)16)11-5-4-6-11;8-7(9)6-4-2-1-3-5-6/h11-13H,4-7H2,1-3H3;1-5H,(H,8,9)/t12-,13?;/m1./s1. The van der Waals surface area contributed by atoms with E-state index in [1.165, 1.54) is 20.8 Å². The lowest BCUT2D eigenvalue weighted by molar-refractivity contribution is -0.180. The van der Waals surface area contributed by atoms with Gasteiger partial charge in [-0.2, -0.15) is 0 Å². The average Bonchev–Trinajstić information content (AvgIpc) is 2.57. The Morgan fingerprint density at radius 3 is 1.89 bits per heavy atom. The van der Waals surface area contributed by atoms with Gasteiger partial charge in [0.15, 0.2) is 6.10 Å². The Bertz CT molecular complexity index is 666. The molecule has 8 nitrogen and oxygen atoms in total. The number of carbonyl (C=O) groups excluding carboxylic acids is 3. The van der Waals surface area contributed by atoms with Gasteiger partial charge in [0.05, 0.1) is 5.56 Å². The summed E-state index contributed by atoms with van der Waals surface area (Å²) in [6, 6.07) is 8.30. The Kier molecular flexibility index (Phi) is 9.70. The molecule has 0 spiro atoms. The Hall–Kier alpha value is -2.90. The molecule has 28 heavy (non-hydrogen) atoms. The van der Waals surface area contributed by atoms with E-state index in [1.807, 2.05) is 0 Å². The highest BCUT2D eigenvalue weighted by molar-refractivity contribution is 5.87. The SMILES string of the molecule is CC(=O)OC[C@@H](OC(C)=O)C(OC(C)=O)C1CCC1.O=C(O)c1ccccc1. The molecule has 154 valence electrons. The number of carboxylic acids is 1. The summed E-state index contributed by atoms with van der Waals surface area (Å²) in [5, 5.41) is 8.38. The van der Waals surface area contributed by atoms with Crippen LogP contribution in [-0.2, 0) is 28.6 Å². The number of esters is 3. The molecule has 0 saturated heterocycles. The first-order chi connectivity index (χ1) is 13.2. The largest absolute Gasteiger partial charge is 0.478 e. The number of hydrogen-bond donors (Lipinski definition) is 1. The summed E-state index contributed by atoms with van der Waals surface area (Å²) in [7, 11) is 0. The van der Waals surface area contributed by atoms with Crippen LogP contribution in [0.2, 0.25) is 0 Å². The molecule has 1 unspecified atom stereocenters. The van der Waals surface area contributed by atoms with Crippen molar-refractivity contribution in [3.05, 3.63) is 35.9 Å². The van der Waals surface area contributed by atoms with Gasteiger partial charge in [0.1, 0.15) is 12.7 Å². The predicted octanol–water partition coefficient (Wildman–Crippen LogP) is 2.60. The van der Waals surface area contributed by atoms with E-state index < -0.39 is 36.1 Å². The highest BCUT2D eigenvalue weighted by atomic mass is 16.6. The zero-order chi connectivity index (χ0) is 21.1. The minimum absolute atomic E-state index is 0.0939. The highest BCUT2D eigenvalue weighted by Gasteiger charge is 2.38. The van der Waals surface area contributed by atoms with E-state index in [1.54, 1.807) is 30.3 Å². The van der Waals surface area contributed by atoms with Gasteiger partial charge in [-0.3, -0.25) is 14.4 Å². The number of aromatic carboxylic acids is 1. The first-order valence-corrected chi connectivity index (χ1v) is 8.96. The number of hydrogen-bond acceptors (Lipinski definition) is 7. The third-order valence-electron chi connectivity index (χ3n) is 4.07. The van der Waals surface area contributed by atoms with Crippen molar-refractivity contribution >= 4 is 23.9 Å². The van der Waals surface area contributed by atoms with Gasteiger partial charge in [0.2, 0.25) is 0 Å². The zero-order valence-electron chi connectivity index (χ0n) is 16.3. The molecule has 1 aromatic carbocycles. The summed E-state index contributed by atoms with van der Waals surface area (Å²) in [6.07, 6.45) is 1.60. The summed E-state index contributed by atoms with van der Waals surface area (Å²) in [5.41, 5.74) is 0.331. The van der Waals surface area contributed by atoms with Crippen LogP contribution < -0.4 is 0 Å². The number of rotatable bonds is 7. The first-order valence-electron chi connectivity index (χ1n) is 8.96. The fourth-order valence-electron chi connectivity index (χ4n) is 2.62. The van der Waals surface area contributed by atoms with Crippen LogP contribution >= 0.6 is 0 Å². The normalized spacial score (nSPS) is 15.0. The Morgan fingerprint density at radius 2 is 1.54 bits per heavy atom. The lowest BCUT2D eigenvalue weighted by atomic mass is 9.79. The molecule has 1 aliphatic carbocycles. The maximum atomic E-state index is 11.2. The van der Waals surface area contributed by atoms with E-state index in [9.17, 15) is 19.2 Å². The molecular formula is C20H26O8. The first kappa shape index (κ1) is 23.1. The van der Waals surface area contributed by atoms with Crippen LogP contribution in [0.3, 0.4) is 0 Å². The van der Waals surface area contributed by atoms with Crippen LogP contribution in [0, 0.1) is 5.92 Å². The molecule has 0 bridgehead atoms. The van der Waals surface area contributed by atoms with E-state index >= 15 is 0 Å². The molecule has 1 N–H and O–H groups in total. The van der Waals surface area contributed by atoms with Crippen molar-refractivity contribution in [1.82, 2.24) is 0 Å². The summed E-state index contributed by atoms with van der Waals surface area (Å²) in [4.78, 5) is 43.3. The average molecular weight is 394 g/mol. The number of benzene rings is 1. The van der Waals surface area contributed by atoms with Crippen LogP contribution in [0.1, 0.15) is 50.4 Å². The maximum absolute atomic E-state index is 11.2. The Morgan fingerprint density at radius 1 is 0.964 bits per heavy atom. The topological polar surface area (TPSA) is 116 Å². The summed E-state index contributed by atoms with van der Waals surface area (Å²) < 4.78 is 15.2. The van der Waals surface area contributed by atoms with Crippen molar-refractivity contribution in [2.24, 2.45) is 5.92 Å². The van der Waals surface area contributed by atoms with Gasteiger partial charge in [0, 0.05) is 20.8 Å². The third kappa shape index (κ3) is 8.66. The van der Waals surface area contributed by atoms with Gasteiger partial charge in [-0.25, -0.2) is 4.79 Å². The Balaban J connectivity index is 0.000000362. The second-order valence-corrected chi connectivity index (χ2v) is 6.39. The van der Waals surface area contributed by atoms with E-state index in [4.69, 9.17) is 19.3 Å². The molecule has 0 heterocycles. The van der Waals surface area contributed by atoms with Gasteiger partial charge in [-0.1, -0.05) is 24.6 Å². The molecule has 0 aliphatic heterocycles.